The molecule has 1 aromatic rings. The van der Waals surface area contributed by atoms with E-state index in [9.17, 15) is 0 Å². The molecule has 1 aromatic carbocycles. The van der Waals surface area contributed by atoms with Crippen molar-refractivity contribution >= 4 is 0 Å². The van der Waals surface area contributed by atoms with Gasteiger partial charge in [-0.15, -0.1) is 0 Å². The molecular weight excluding hydrogens is 146 g/mol. The second-order valence-corrected chi connectivity index (χ2v) is 3.45. The van der Waals surface area contributed by atoms with Crippen LogP contribution >= 0.6 is 0 Å². The maximum Gasteiger partial charge on any atom is 0.00886 e. The summed E-state index contributed by atoms with van der Waals surface area (Å²) in [5, 5.41) is 3.30. The zero-order valence-corrected chi connectivity index (χ0v) is 7.51. The van der Waals surface area contributed by atoms with Gasteiger partial charge in [0, 0.05) is 19.0 Å². The second-order valence-electron chi connectivity index (χ2n) is 3.45. The quantitative estimate of drug-likeness (QED) is 0.699. The van der Waals surface area contributed by atoms with Gasteiger partial charge in [-0.25, -0.2) is 0 Å². The molecule has 0 bridgehead atoms. The summed E-state index contributed by atoms with van der Waals surface area (Å²) >= 11 is 0. The van der Waals surface area contributed by atoms with Gasteiger partial charge in [-0.2, -0.15) is 0 Å². The van der Waals surface area contributed by atoms with E-state index in [-0.39, 0.29) is 0 Å². The highest BCUT2D eigenvalue weighted by Crippen LogP contribution is 2.20. The summed E-state index contributed by atoms with van der Waals surface area (Å²) in [7, 11) is 0. The molecule has 1 saturated heterocycles. The van der Waals surface area contributed by atoms with Crippen molar-refractivity contribution in [3.05, 3.63) is 35.4 Å². The second kappa shape index (κ2) is 3.28. The summed E-state index contributed by atoms with van der Waals surface area (Å²) in [6.45, 7) is 4.53. The lowest BCUT2D eigenvalue weighted by Gasteiger charge is -2.27. The molecule has 0 unspecified atom stereocenters. The van der Waals surface area contributed by atoms with Crippen LogP contribution in [-0.2, 0) is 6.42 Å². The molecule has 1 aliphatic heterocycles. The number of hydrogen-bond acceptors (Lipinski definition) is 1. The molecule has 1 N–H and O–H groups in total. The van der Waals surface area contributed by atoms with Crippen LogP contribution in [0.4, 0.5) is 0 Å². The molecule has 0 aliphatic carbocycles. The number of aryl methyl sites for hydroxylation is 1. The van der Waals surface area contributed by atoms with Crippen molar-refractivity contribution in [3.63, 3.8) is 0 Å². The summed E-state index contributed by atoms with van der Waals surface area (Å²) in [4.78, 5) is 0. The molecule has 0 atom stereocenters. The van der Waals surface area contributed by atoms with Crippen molar-refractivity contribution in [3.8, 4) is 0 Å². The van der Waals surface area contributed by atoms with Gasteiger partial charge in [-0.3, -0.25) is 0 Å². The lowest BCUT2D eigenvalue weighted by Crippen LogP contribution is -2.39. The fraction of sp³-hybridized carbons (Fsp3) is 0.455. The molecule has 1 heterocycles. The van der Waals surface area contributed by atoms with Gasteiger partial charge in [0.2, 0.25) is 0 Å². The summed E-state index contributed by atoms with van der Waals surface area (Å²) < 4.78 is 0. The average Bonchev–Trinajstić information content (AvgIpc) is 2.02. The Hall–Kier alpha value is -0.820. The van der Waals surface area contributed by atoms with E-state index in [1.165, 1.54) is 11.1 Å². The van der Waals surface area contributed by atoms with Crippen molar-refractivity contribution < 1.29 is 0 Å². The van der Waals surface area contributed by atoms with E-state index >= 15 is 0 Å². The largest absolute Gasteiger partial charge is 0.315 e. The minimum Gasteiger partial charge on any atom is -0.315 e. The van der Waals surface area contributed by atoms with Crippen LogP contribution in [-0.4, -0.2) is 13.1 Å². The Morgan fingerprint density at radius 1 is 1.42 bits per heavy atom. The summed E-state index contributed by atoms with van der Waals surface area (Å²) in [6, 6.07) is 8.96. The summed E-state index contributed by atoms with van der Waals surface area (Å²) in [5.74, 6) is 0.775. The Labute approximate surface area is 73.8 Å². The molecular formula is C11H15N. The first kappa shape index (κ1) is 7.81. The molecule has 0 amide bonds. The van der Waals surface area contributed by atoms with Crippen LogP contribution in [0.2, 0.25) is 0 Å². The zero-order chi connectivity index (χ0) is 8.39. The molecule has 0 saturated carbocycles. The van der Waals surface area contributed by atoms with Gasteiger partial charge in [-0.1, -0.05) is 31.2 Å². The van der Waals surface area contributed by atoms with E-state index in [0.29, 0.717) is 0 Å². The number of nitrogens with one attached hydrogen (secondary N) is 1. The fourth-order valence-electron chi connectivity index (χ4n) is 1.59. The van der Waals surface area contributed by atoms with E-state index in [1.807, 2.05) is 0 Å². The minimum absolute atomic E-state index is 0.775. The number of hydrogen-bond donors (Lipinski definition) is 1. The van der Waals surface area contributed by atoms with Crippen molar-refractivity contribution in [2.24, 2.45) is 0 Å². The molecule has 0 radical (unpaired) electrons. The molecule has 1 fully saturated rings. The molecule has 0 aromatic heterocycles. The summed E-state index contributed by atoms with van der Waals surface area (Å²) in [6.07, 6.45) is 1.15. The number of rotatable bonds is 2. The molecule has 2 rings (SSSR count). The number of benzene rings is 1. The molecule has 0 spiro atoms. The normalized spacial score (nSPS) is 17.4. The Morgan fingerprint density at radius 2 is 2.25 bits per heavy atom. The highest BCUT2D eigenvalue weighted by atomic mass is 14.9. The smallest absolute Gasteiger partial charge is 0.00886 e. The van der Waals surface area contributed by atoms with Crippen LogP contribution < -0.4 is 5.32 Å². The highest BCUT2D eigenvalue weighted by Gasteiger charge is 2.18. The average molecular weight is 161 g/mol. The van der Waals surface area contributed by atoms with Crippen molar-refractivity contribution in [2.75, 3.05) is 13.1 Å². The Kier molecular flexibility index (Phi) is 2.13. The van der Waals surface area contributed by atoms with Crippen LogP contribution in [0.25, 0.3) is 0 Å². The van der Waals surface area contributed by atoms with E-state index < -0.39 is 0 Å². The van der Waals surface area contributed by atoms with Crippen LogP contribution in [0.5, 0.6) is 0 Å². The molecule has 1 heteroatoms. The van der Waals surface area contributed by atoms with Gasteiger partial charge < -0.3 is 5.32 Å². The van der Waals surface area contributed by atoms with Crippen LogP contribution in [0.3, 0.4) is 0 Å². The zero-order valence-electron chi connectivity index (χ0n) is 7.51. The molecule has 1 aliphatic rings. The predicted molar refractivity (Wildman–Crippen MR) is 51.4 cm³/mol. The third kappa shape index (κ3) is 1.37. The third-order valence-electron chi connectivity index (χ3n) is 2.61. The molecule has 12 heavy (non-hydrogen) atoms. The maximum atomic E-state index is 3.30. The van der Waals surface area contributed by atoms with Gasteiger partial charge in [0.25, 0.3) is 0 Å². The standard InChI is InChI=1S/C11H15N/c1-2-9-4-3-5-10(6-9)11-7-12-8-11/h3-6,11-12H,2,7-8H2,1H3. The van der Waals surface area contributed by atoms with Gasteiger partial charge in [0.1, 0.15) is 0 Å². The highest BCUT2D eigenvalue weighted by molar-refractivity contribution is 5.28. The van der Waals surface area contributed by atoms with Crippen molar-refractivity contribution in [1.29, 1.82) is 0 Å². The van der Waals surface area contributed by atoms with E-state index in [2.05, 4.69) is 36.5 Å². The van der Waals surface area contributed by atoms with Crippen LogP contribution in [0.15, 0.2) is 24.3 Å². The Morgan fingerprint density at radius 3 is 2.83 bits per heavy atom. The Balaban J connectivity index is 2.19. The van der Waals surface area contributed by atoms with Gasteiger partial charge >= 0.3 is 0 Å². The maximum absolute atomic E-state index is 3.30. The summed E-state index contributed by atoms with van der Waals surface area (Å²) in [5.41, 5.74) is 2.97. The van der Waals surface area contributed by atoms with E-state index in [0.717, 1.165) is 25.4 Å². The van der Waals surface area contributed by atoms with Crippen LogP contribution in [0, 0.1) is 0 Å². The topological polar surface area (TPSA) is 12.0 Å². The monoisotopic (exact) mass is 161 g/mol. The first-order valence-electron chi connectivity index (χ1n) is 4.69. The van der Waals surface area contributed by atoms with Gasteiger partial charge in [-0.05, 0) is 17.5 Å². The predicted octanol–water partition coefficient (Wildman–Crippen LogP) is 1.94. The Bertz CT molecular complexity index is 263. The lowest BCUT2D eigenvalue weighted by atomic mass is 9.92. The van der Waals surface area contributed by atoms with E-state index in [4.69, 9.17) is 0 Å². The fourth-order valence-corrected chi connectivity index (χ4v) is 1.59. The van der Waals surface area contributed by atoms with Crippen molar-refractivity contribution in [1.82, 2.24) is 5.32 Å². The molecule has 1 nitrogen and oxygen atoms in total. The first-order valence-corrected chi connectivity index (χ1v) is 4.69. The van der Waals surface area contributed by atoms with E-state index in [1.54, 1.807) is 0 Å². The van der Waals surface area contributed by atoms with Gasteiger partial charge in [0.05, 0.1) is 0 Å². The first-order chi connectivity index (χ1) is 5.90. The minimum atomic E-state index is 0.775. The lowest BCUT2D eigenvalue weighted by molar-refractivity contribution is 0.448. The van der Waals surface area contributed by atoms with Gasteiger partial charge in [0.15, 0.2) is 0 Å². The SMILES string of the molecule is CCc1cccc(C2CNC2)c1. The third-order valence-corrected chi connectivity index (χ3v) is 2.61. The molecule has 64 valence electrons. The van der Waals surface area contributed by atoms with Crippen LogP contribution in [0.1, 0.15) is 24.0 Å². The van der Waals surface area contributed by atoms with Crippen molar-refractivity contribution in [2.45, 2.75) is 19.3 Å².